The van der Waals surface area contributed by atoms with Gasteiger partial charge in [-0.3, -0.25) is 5.10 Å². The number of methoxy groups -OCH3 is 1. The van der Waals surface area contributed by atoms with Crippen LogP contribution in [0.2, 0.25) is 0 Å². The van der Waals surface area contributed by atoms with Gasteiger partial charge in [0.2, 0.25) is 0 Å². The third kappa shape index (κ3) is 4.54. The molecule has 0 aliphatic heterocycles. The second-order valence-corrected chi connectivity index (χ2v) is 4.43. The van der Waals surface area contributed by atoms with Crippen LogP contribution in [0.5, 0.6) is 0 Å². The van der Waals surface area contributed by atoms with E-state index >= 15 is 0 Å². The zero-order valence-electron chi connectivity index (χ0n) is 11.8. The Hall–Kier alpha value is -2.09. The average molecular weight is 284 g/mol. The fourth-order valence-electron chi connectivity index (χ4n) is 1.73. The van der Waals surface area contributed by atoms with Crippen molar-refractivity contribution >= 4 is 17.7 Å². The lowest BCUT2D eigenvalue weighted by Crippen LogP contribution is -2.43. The van der Waals surface area contributed by atoms with Crippen molar-refractivity contribution in [3.8, 4) is 0 Å². The van der Waals surface area contributed by atoms with Crippen molar-refractivity contribution in [3.63, 3.8) is 0 Å². The lowest BCUT2D eigenvalue weighted by Gasteiger charge is -2.15. The highest BCUT2D eigenvalue weighted by Gasteiger charge is 2.20. The molecule has 8 nitrogen and oxygen atoms in total. The van der Waals surface area contributed by atoms with E-state index in [4.69, 9.17) is 9.84 Å². The Balaban J connectivity index is 2.56. The van der Waals surface area contributed by atoms with Crippen LogP contribution < -0.4 is 10.6 Å². The minimum Gasteiger partial charge on any atom is -0.480 e. The van der Waals surface area contributed by atoms with Gasteiger partial charge in [-0.1, -0.05) is 0 Å². The maximum absolute atomic E-state index is 11.8. The molecule has 1 aromatic heterocycles. The van der Waals surface area contributed by atoms with Gasteiger partial charge >= 0.3 is 12.0 Å². The predicted octanol–water partition coefficient (Wildman–Crippen LogP) is 1.03. The number of hydrogen-bond acceptors (Lipinski definition) is 4. The molecule has 20 heavy (non-hydrogen) atoms. The second kappa shape index (κ2) is 7.49. The summed E-state index contributed by atoms with van der Waals surface area (Å²) in [6, 6.07) is -1.51. The van der Waals surface area contributed by atoms with Crippen LogP contribution in [0.25, 0.3) is 0 Å². The van der Waals surface area contributed by atoms with E-state index in [1.54, 1.807) is 21.0 Å². The summed E-state index contributed by atoms with van der Waals surface area (Å²) < 4.78 is 4.86. The van der Waals surface area contributed by atoms with E-state index < -0.39 is 18.0 Å². The summed E-state index contributed by atoms with van der Waals surface area (Å²) in [5.41, 5.74) is 1.91. The van der Waals surface area contributed by atoms with Gasteiger partial charge in [0, 0.05) is 13.7 Å². The molecule has 1 heterocycles. The van der Waals surface area contributed by atoms with E-state index in [9.17, 15) is 9.59 Å². The van der Waals surface area contributed by atoms with Gasteiger partial charge in [0.15, 0.2) is 0 Å². The van der Waals surface area contributed by atoms with Gasteiger partial charge < -0.3 is 20.5 Å². The van der Waals surface area contributed by atoms with Gasteiger partial charge in [0.1, 0.15) is 6.04 Å². The first-order valence-electron chi connectivity index (χ1n) is 6.26. The van der Waals surface area contributed by atoms with E-state index in [0.717, 1.165) is 0 Å². The Morgan fingerprint density at radius 2 is 2.15 bits per heavy atom. The Bertz CT molecular complexity index is 453. The van der Waals surface area contributed by atoms with Crippen molar-refractivity contribution in [1.29, 1.82) is 0 Å². The maximum Gasteiger partial charge on any atom is 0.326 e. The van der Waals surface area contributed by atoms with Crippen molar-refractivity contribution in [1.82, 2.24) is 15.5 Å². The summed E-state index contributed by atoms with van der Waals surface area (Å²) in [4.78, 5) is 22.9. The molecule has 1 rings (SSSR count). The number of nitrogens with zero attached hydrogens (tertiary/aromatic N) is 1. The number of carboxylic acid groups (broad SMARTS) is 1. The molecule has 0 bridgehead atoms. The van der Waals surface area contributed by atoms with E-state index in [1.807, 2.05) is 0 Å². The number of carboxylic acids is 1. The van der Waals surface area contributed by atoms with Crippen LogP contribution in [0.1, 0.15) is 24.2 Å². The molecule has 0 aromatic carbocycles. The number of aliphatic carboxylic acids is 1. The molecule has 0 spiro atoms. The topological polar surface area (TPSA) is 116 Å². The molecular weight excluding hydrogens is 264 g/mol. The number of urea groups is 1. The zero-order chi connectivity index (χ0) is 15.1. The molecule has 4 N–H and O–H groups in total. The van der Waals surface area contributed by atoms with Crippen molar-refractivity contribution < 1.29 is 19.4 Å². The van der Waals surface area contributed by atoms with Crippen LogP contribution in [-0.2, 0) is 9.53 Å². The number of hydrogen-bond donors (Lipinski definition) is 4. The fourth-order valence-corrected chi connectivity index (χ4v) is 1.73. The van der Waals surface area contributed by atoms with E-state index in [0.29, 0.717) is 36.5 Å². The summed E-state index contributed by atoms with van der Waals surface area (Å²) in [5, 5.41) is 20.8. The van der Waals surface area contributed by atoms with Crippen LogP contribution >= 0.6 is 0 Å². The summed E-state index contributed by atoms with van der Waals surface area (Å²) in [7, 11) is 1.54. The van der Waals surface area contributed by atoms with Crippen molar-refractivity contribution in [2.45, 2.75) is 32.7 Å². The summed E-state index contributed by atoms with van der Waals surface area (Å²) in [6.45, 7) is 3.96. The third-order valence-electron chi connectivity index (χ3n) is 2.81. The number of carbonyl (C=O) groups is 2. The molecule has 0 saturated carbocycles. The van der Waals surface area contributed by atoms with Crippen molar-refractivity contribution in [2.75, 3.05) is 19.0 Å². The molecule has 0 aliphatic rings. The Morgan fingerprint density at radius 3 is 2.65 bits per heavy atom. The first-order chi connectivity index (χ1) is 9.45. The van der Waals surface area contributed by atoms with Crippen LogP contribution in [0.4, 0.5) is 10.5 Å². The van der Waals surface area contributed by atoms with Crippen LogP contribution in [0.3, 0.4) is 0 Å². The lowest BCUT2D eigenvalue weighted by molar-refractivity contribution is -0.139. The number of ether oxygens (including phenoxy) is 1. The highest BCUT2D eigenvalue weighted by molar-refractivity contribution is 5.93. The summed E-state index contributed by atoms with van der Waals surface area (Å²) in [5.74, 6) is -1.07. The van der Waals surface area contributed by atoms with Crippen LogP contribution in [0.15, 0.2) is 0 Å². The molecule has 0 aliphatic carbocycles. The van der Waals surface area contributed by atoms with Gasteiger partial charge in [0.05, 0.1) is 17.1 Å². The molecule has 8 heteroatoms. The van der Waals surface area contributed by atoms with E-state index in [2.05, 4.69) is 20.8 Å². The maximum atomic E-state index is 11.8. The number of amides is 2. The summed E-state index contributed by atoms with van der Waals surface area (Å²) >= 11 is 0. The number of nitrogens with one attached hydrogen (secondary N) is 3. The Kier molecular flexibility index (Phi) is 5.98. The molecular formula is C12H20N4O4. The van der Waals surface area contributed by atoms with E-state index in [1.165, 1.54) is 0 Å². The first-order valence-corrected chi connectivity index (χ1v) is 6.26. The zero-order valence-corrected chi connectivity index (χ0v) is 11.8. The lowest BCUT2D eigenvalue weighted by atomic mass is 10.1. The molecule has 0 saturated heterocycles. The highest BCUT2D eigenvalue weighted by Crippen LogP contribution is 2.15. The number of aromatic amines is 1. The number of rotatable bonds is 7. The molecule has 1 aromatic rings. The largest absolute Gasteiger partial charge is 0.480 e. The monoisotopic (exact) mass is 284 g/mol. The molecule has 0 fully saturated rings. The number of H-pyrrole nitrogens is 1. The minimum atomic E-state index is -1.07. The van der Waals surface area contributed by atoms with Gasteiger partial charge in [-0.05, 0) is 26.7 Å². The highest BCUT2D eigenvalue weighted by atomic mass is 16.5. The van der Waals surface area contributed by atoms with Gasteiger partial charge in [-0.15, -0.1) is 0 Å². The predicted molar refractivity (Wildman–Crippen MR) is 72.7 cm³/mol. The summed E-state index contributed by atoms with van der Waals surface area (Å²) in [6.07, 6.45) is 0.859. The molecule has 1 unspecified atom stereocenters. The molecule has 0 radical (unpaired) electrons. The van der Waals surface area contributed by atoms with Crippen LogP contribution in [0, 0.1) is 13.8 Å². The number of carbonyl (C=O) groups excluding carboxylic acids is 1. The molecule has 2 amide bonds. The standard InChI is InChI=1S/C12H20N4O4/c1-7-10(8(2)16-15-7)14-12(19)13-9(11(17)18)5-4-6-20-3/h9H,4-6H2,1-3H3,(H,15,16)(H,17,18)(H2,13,14,19). The average Bonchev–Trinajstić information content (AvgIpc) is 2.69. The number of anilines is 1. The van der Waals surface area contributed by atoms with Crippen LogP contribution in [-0.4, -0.2) is 47.1 Å². The number of aryl methyl sites for hydroxylation is 2. The Labute approximate surface area is 116 Å². The smallest absolute Gasteiger partial charge is 0.326 e. The molecule has 1 atom stereocenters. The van der Waals surface area contributed by atoms with Crippen molar-refractivity contribution in [2.24, 2.45) is 0 Å². The molecule has 112 valence electrons. The third-order valence-corrected chi connectivity index (χ3v) is 2.81. The van der Waals surface area contributed by atoms with Gasteiger partial charge in [0.25, 0.3) is 0 Å². The number of aromatic nitrogens is 2. The van der Waals surface area contributed by atoms with Gasteiger partial charge in [-0.2, -0.15) is 5.10 Å². The minimum absolute atomic E-state index is 0.306. The van der Waals surface area contributed by atoms with E-state index in [-0.39, 0.29) is 0 Å². The Morgan fingerprint density at radius 1 is 1.45 bits per heavy atom. The fraction of sp³-hybridized carbons (Fsp3) is 0.583. The quantitative estimate of drug-likeness (QED) is 0.558. The normalized spacial score (nSPS) is 11.9. The van der Waals surface area contributed by atoms with Gasteiger partial charge in [-0.25, -0.2) is 9.59 Å². The second-order valence-electron chi connectivity index (χ2n) is 4.43. The van der Waals surface area contributed by atoms with Crippen molar-refractivity contribution in [3.05, 3.63) is 11.4 Å². The SMILES string of the molecule is COCCCC(NC(=O)Nc1c(C)n[nH]c1C)C(=O)O. The first kappa shape index (κ1) is 16.0.